The van der Waals surface area contributed by atoms with Crippen LogP contribution in [0.5, 0.6) is 0 Å². The summed E-state index contributed by atoms with van der Waals surface area (Å²) in [6.07, 6.45) is 0. The molecule has 0 aromatic heterocycles. The van der Waals surface area contributed by atoms with E-state index >= 15 is 0 Å². The summed E-state index contributed by atoms with van der Waals surface area (Å²) in [7, 11) is 0. The fourth-order valence-electron chi connectivity index (χ4n) is 0.905. The standard InChI is InChI=1S/C6H14N2O/c1-6(4-7)5-8-2-3-9-6/h8H,2-5,7H2,1H3. The van der Waals surface area contributed by atoms with Crippen LogP contribution in [0.2, 0.25) is 0 Å². The van der Waals surface area contributed by atoms with Crippen LogP contribution >= 0.6 is 0 Å². The number of rotatable bonds is 1. The molecular formula is C6H14N2O. The molecule has 3 heteroatoms. The monoisotopic (exact) mass is 130 g/mol. The fourth-order valence-corrected chi connectivity index (χ4v) is 0.905. The van der Waals surface area contributed by atoms with Crippen LogP contribution in [-0.4, -0.2) is 31.8 Å². The molecule has 54 valence electrons. The molecule has 1 unspecified atom stereocenters. The summed E-state index contributed by atoms with van der Waals surface area (Å²) in [6.45, 7) is 5.24. The number of hydrogen-bond acceptors (Lipinski definition) is 3. The first-order valence-electron chi connectivity index (χ1n) is 3.32. The number of ether oxygens (including phenoxy) is 1. The number of nitrogens with one attached hydrogen (secondary N) is 1. The van der Waals surface area contributed by atoms with Crippen LogP contribution in [0.3, 0.4) is 0 Å². The van der Waals surface area contributed by atoms with Crippen molar-refractivity contribution in [2.24, 2.45) is 5.73 Å². The Kier molecular flexibility index (Phi) is 2.05. The van der Waals surface area contributed by atoms with Gasteiger partial charge in [0.25, 0.3) is 0 Å². The highest BCUT2D eigenvalue weighted by Gasteiger charge is 2.25. The van der Waals surface area contributed by atoms with Crippen LogP contribution in [0, 0.1) is 0 Å². The average Bonchev–Trinajstić information content (AvgIpc) is 1.90. The maximum Gasteiger partial charge on any atom is 0.0900 e. The van der Waals surface area contributed by atoms with E-state index in [-0.39, 0.29) is 5.60 Å². The van der Waals surface area contributed by atoms with Crippen LogP contribution in [0.15, 0.2) is 0 Å². The van der Waals surface area contributed by atoms with Gasteiger partial charge in [0.15, 0.2) is 0 Å². The second-order valence-corrected chi connectivity index (χ2v) is 2.68. The molecule has 9 heavy (non-hydrogen) atoms. The van der Waals surface area contributed by atoms with Crippen molar-refractivity contribution in [1.29, 1.82) is 0 Å². The third-order valence-electron chi connectivity index (χ3n) is 1.66. The first kappa shape index (κ1) is 6.99. The maximum absolute atomic E-state index is 5.47. The molecule has 0 aromatic carbocycles. The van der Waals surface area contributed by atoms with E-state index in [1.54, 1.807) is 0 Å². The van der Waals surface area contributed by atoms with Gasteiger partial charge in [0, 0.05) is 19.6 Å². The largest absolute Gasteiger partial charge is 0.371 e. The Hall–Kier alpha value is -0.120. The van der Waals surface area contributed by atoms with Crippen molar-refractivity contribution in [2.45, 2.75) is 12.5 Å². The second kappa shape index (κ2) is 2.64. The van der Waals surface area contributed by atoms with Crippen LogP contribution in [-0.2, 0) is 4.74 Å². The second-order valence-electron chi connectivity index (χ2n) is 2.68. The Morgan fingerprint density at radius 3 is 2.89 bits per heavy atom. The molecule has 1 saturated heterocycles. The molecule has 1 aliphatic heterocycles. The Labute approximate surface area is 55.6 Å². The van der Waals surface area contributed by atoms with Crippen molar-refractivity contribution in [1.82, 2.24) is 5.32 Å². The zero-order valence-corrected chi connectivity index (χ0v) is 5.81. The summed E-state index contributed by atoms with van der Waals surface area (Å²) in [6, 6.07) is 0. The molecule has 1 atom stereocenters. The van der Waals surface area contributed by atoms with E-state index in [1.807, 2.05) is 6.92 Å². The molecule has 3 N–H and O–H groups in total. The van der Waals surface area contributed by atoms with Crippen molar-refractivity contribution in [3.05, 3.63) is 0 Å². The minimum Gasteiger partial charge on any atom is -0.371 e. The molecule has 0 radical (unpaired) electrons. The van der Waals surface area contributed by atoms with Gasteiger partial charge in [-0.1, -0.05) is 0 Å². The van der Waals surface area contributed by atoms with Crippen molar-refractivity contribution in [3.8, 4) is 0 Å². The Bertz CT molecular complexity index is 89.1. The zero-order valence-electron chi connectivity index (χ0n) is 5.81. The van der Waals surface area contributed by atoms with Gasteiger partial charge in [-0.3, -0.25) is 0 Å². The first-order valence-corrected chi connectivity index (χ1v) is 3.32. The van der Waals surface area contributed by atoms with Crippen molar-refractivity contribution in [2.75, 3.05) is 26.2 Å². The van der Waals surface area contributed by atoms with E-state index in [0.29, 0.717) is 6.54 Å². The van der Waals surface area contributed by atoms with Gasteiger partial charge in [0.05, 0.1) is 12.2 Å². The first-order chi connectivity index (χ1) is 4.27. The maximum atomic E-state index is 5.47. The lowest BCUT2D eigenvalue weighted by atomic mass is 10.1. The molecule has 0 saturated carbocycles. The van der Waals surface area contributed by atoms with Gasteiger partial charge < -0.3 is 15.8 Å². The predicted molar refractivity (Wildman–Crippen MR) is 36.3 cm³/mol. The summed E-state index contributed by atoms with van der Waals surface area (Å²) in [5, 5.41) is 3.22. The van der Waals surface area contributed by atoms with Gasteiger partial charge in [-0.25, -0.2) is 0 Å². The Morgan fingerprint density at radius 1 is 1.78 bits per heavy atom. The summed E-state index contributed by atoms with van der Waals surface area (Å²) in [5.74, 6) is 0. The number of morpholine rings is 1. The van der Waals surface area contributed by atoms with Gasteiger partial charge in [0.2, 0.25) is 0 Å². The lowest BCUT2D eigenvalue weighted by Gasteiger charge is -2.32. The van der Waals surface area contributed by atoms with E-state index in [2.05, 4.69) is 5.32 Å². The lowest BCUT2D eigenvalue weighted by molar-refractivity contribution is -0.0453. The average molecular weight is 130 g/mol. The highest BCUT2D eigenvalue weighted by atomic mass is 16.5. The summed E-state index contributed by atoms with van der Waals surface area (Å²) >= 11 is 0. The number of nitrogens with two attached hydrogens (primary N) is 1. The highest BCUT2D eigenvalue weighted by Crippen LogP contribution is 2.08. The van der Waals surface area contributed by atoms with Crippen LogP contribution in [0.25, 0.3) is 0 Å². The third-order valence-corrected chi connectivity index (χ3v) is 1.66. The van der Waals surface area contributed by atoms with Crippen molar-refractivity contribution < 1.29 is 4.74 Å². The van der Waals surface area contributed by atoms with E-state index in [1.165, 1.54) is 0 Å². The quantitative estimate of drug-likeness (QED) is 0.494. The number of hydrogen-bond donors (Lipinski definition) is 2. The van der Waals surface area contributed by atoms with Crippen LogP contribution < -0.4 is 11.1 Å². The molecule has 0 spiro atoms. The van der Waals surface area contributed by atoms with Gasteiger partial charge in [-0.15, -0.1) is 0 Å². The fraction of sp³-hybridized carbons (Fsp3) is 1.00. The predicted octanol–water partition coefficient (Wildman–Crippen LogP) is -0.676. The summed E-state index contributed by atoms with van der Waals surface area (Å²) in [5.41, 5.74) is 5.36. The van der Waals surface area contributed by atoms with Gasteiger partial charge in [0.1, 0.15) is 0 Å². The van der Waals surface area contributed by atoms with E-state index in [0.717, 1.165) is 19.7 Å². The van der Waals surface area contributed by atoms with E-state index in [4.69, 9.17) is 10.5 Å². The molecule has 0 aliphatic carbocycles. The molecule has 0 aromatic rings. The minimum atomic E-state index is -0.113. The molecule has 1 aliphatic rings. The molecule has 1 rings (SSSR count). The van der Waals surface area contributed by atoms with E-state index < -0.39 is 0 Å². The lowest BCUT2D eigenvalue weighted by Crippen LogP contribution is -2.52. The normalized spacial score (nSPS) is 36.7. The zero-order chi connectivity index (χ0) is 6.74. The smallest absolute Gasteiger partial charge is 0.0900 e. The van der Waals surface area contributed by atoms with Gasteiger partial charge >= 0.3 is 0 Å². The van der Waals surface area contributed by atoms with Crippen molar-refractivity contribution in [3.63, 3.8) is 0 Å². The molecular weight excluding hydrogens is 116 g/mol. The SMILES string of the molecule is CC1(CN)CNCCO1. The molecule has 0 amide bonds. The van der Waals surface area contributed by atoms with Crippen LogP contribution in [0.4, 0.5) is 0 Å². The minimum absolute atomic E-state index is 0.113. The van der Waals surface area contributed by atoms with Crippen molar-refractivity contribution >= 4 is 0 Å². The summed E-state index contributed by atoms with van der Waals surface area (Å²) in [4.78, 5) is 0. The molecule has 0 bridgehead atoms. The molecule has 1 heterocycles. The third kappa shape index (κ3) is 1.64. The van der Waals surface area contributed by atoms with Crippen LogP contribution in [0.1, 0.15) is 6.92 Å². The molecule has 3 nitrogen and oxygen atoms in total. The van der Waals surface area contributed by atoms with E-state index in [9.17, 15) is 0 Å². The highest BCUT2D eigenvalue weighted by molar-refractivity contribution is 4.81. The summed E-state index contributed by atoms with van der Waals surface area (Å²) < 4.78 is 5.43. The Morgan fingerprint density at radius 2 is 2.56 bits per heavy atom. The topological polar surface area (TPSA) is 47.3 Å². The van der Waals surface area contributed by atoms with Gasteiger partial charge in [-0.2, -0.15) is 0 Å². The Balaban J connectivity index is 2.37. The molecule has 1 fully saturated rings. The van der Waals surface area contributed by atoms with Gasteiger partial charge in [-0.05, 0) is 6.92 Å².